The van der Waals surface area contributed by atoms with Crippen molar-refractivity contribution in [3.05, 3.63) is 61.6 Å². The number of nitrogens with zero attached hydrogens (tertiary/aromatic N) is 4. The van der Waals surface area contributed by atoms with Gasteiger partial charge < -0.3 is 25.5 Å². The monoisotopic (exact) mass is 737 g/mol. The Hall–Kier alpha value is -3.14. The van der Waals surface area contributed by atoms with E-state index in [9.17, 15) is 42.6 Å². The summed E-state index contributed by atoms with van der Waals surface area (Å²) < 4.78 is 46.9. The van der Waals surface area contributed by atoms with Gasteiger partial charge in [0, 0.05) is 28.2 Å². The smallest absolute Gasteiger partial charge is 0.857 e. The first-order valence-electron chi connectivity index (χ1n) is 12.8. The zero-order valence-corrected chi connectivity index (χ0v) is 29.6. The summed E-state index contributed by atoms with van der Waals surface area (Å²) in [6.45, 7) is 1.34. The van der Waals surface area contributed by atoms with E-state index in [0.717, 1.165) is 39.8 Å². The standard InChI is InChI=1S/C26H20F3N5O8S4.Na/c1-3-42-24(40)12-18(35)9-4-10(27)13(28)14(29)19(9)46-25(12)44-6-8-5-43-22-16(21(37)34(22)17(8)23(38)39)32-20(36)15(33-41-2)11-7-45-26(30)31-11;/h4,7,16,22H,3,5-6H2,1-2H3,(H2,30,31)(H,32,36)(H,38,39);/q;+1/p-1/b33-15+;/t16-,22-;/m1./s1. The van der Waals surface area contributed by atoms with Gasteiger partial charge in [0.15, 0.2) is 28.6 Å². The quantitative estimate of drug-likeness (QED) is 0.0394. The summed E-state index contributed by atoms with van der Waals surface area (Å²) in [6, 6.07) is -0.760. The Morgan fingerprint density at radius 3 is 2.62 bits per heavy atom. The first-order chi connectivity index (χ1) is 21.9. The summed E-state index contributed by atoms with van der Waals surface area (Å²) in [5.41, 5.74) is 3.54. The number of nitrogens with two attached hydrogens (primary N) is 1. The fourth-order valence-electron chi connectivity index (χ4n) is 4.48. The van der Waals surface area contributed by atoms with Crippen LogP contribution in [-0.2, 0) is 19.2 Å². The number of aliphatic imine (C=N–C) groups is 1. The number of esters is 1. The van der Waals surface area contributed by atoms with Gasteiger partial charge in [-0.2, -0.15) is 0 Å². The predicted octanol–water partition coefficient (Wildman–Crippen LogP) is -0.578. The maximum Gasteiger partial charge on any atom is 1.00 e. The number of oxime groups is 1. The Labute approximate surface area is 301 Å². The Bertz CT molecular complexity index is 1950. The van der Waals surface area contributed by atoms with Crippen molar-refractivity contribution in [2.75, 3.05) is 31.0 Å². The minimum atomic E-state index is -1.81. The van der Waals surface area contributed by atoms with Crippen molar-refractivity contribution in [1.29, 1.82) is 0 Å². The maximum absolute atomic E-state index is 14.7. The van der Waals surface area contributed by atoms with Crippen LogP contribution in [0.1, 0.15) is 23.0 Å². The number of thioether (sulfide) groups is 2. The van der Waals surface area contributed by atoms with E-state index < -0.39 is 79.4 Å². The van der Waals surface area contributed by atoms with E-state index in [1.54, 1.807) is 0 Å². The average Bonchev–Trinajstić information content (AvgIpc) is 3.45. The number of aliphatic carboxylic acids is 1. The molecule has 5 rings (SSSR count). The number of benzene rings is 1. The number of β-lactam (4-membered cyclic amide) rings is 1. The molecule has 0 aliphatic carbocycles. The molecule has 0 unspecified atom stereocenters. The second kappa shape index (κ2) is 15.0. The van der Waals surface area contributed by atoms with Crippen molar-refractivity contribution < 1.29 is 76.9 Å². The number of rotatable bonds is 10. The van der Waals surface area contributed by atoms with Gasteiger partial charge in [-0.15, -0.1) is 46.2 Å². The fourth-order valence-corrected chi connectivity index (χ4v) is 8.92. The van der Waals surface area contributed by atoms with Gasteiger partial charge in [0.2, 0.25) is 5.43 Å². The number of amides is 1. The first kappa shape index (κ1) is 36.7. The number of hydrogen-bond acceptors (Lipinski definition) is 15. The van der Waals surface area contributed by atoms with E-state index in [1.807, 2.05) is 0 Å². The Morgan fingerprint density at radius 1 is 1.28 bits per heavy atom. The van der Waals surface area contributed by atoms with Gasteiger partial charge in [-0.05, 0) is 18.6 Å². The molecule has 0 saturated carbocycles. The zero-order valence-electron chi connectivity index (χ0n) is 24.4. The SMILES string of the molecule is CCOC(=O)c1c(SCC2=C(C(=O)O)N3C(=O)[C@@H](N=C([O-])/C(=N/OC)c4csc(N)n4)[C@H]3SC2)sc2c(F)c(F)c(F)cc2c1=O.[Na+]. The van der Waals surface area contributed by atoms with E-state index in [4.69, 9.17) is 15.3 Å². The molecule has 1 fully saturated rings. The number of carboxylic acids is 1. The van der Waals surface area contributed by atoms with E-state index in [-0.39, 0.29) is 74.0 Å². The average molecular weight is 738 g/mol. The first-order valence-corrected chi connectivity index (χ1v) is 16.5. The van der Waals surface area contributed by atoms with E-state index >= 15 is 0 Å². The maximum atomic E-state index is 14.7. The van der Waals surface area contributed by atoms with Crippen LogP contribution in [0.2, 0.25) is 0 Å². The third-order valence-corrected chi connectivity index (χ3v) is 11.0. The van der Waals surface area contributed by atoms with Gasteiger partial charge >= 0.3 is 41.5 Å². The van der Waals surface area contributed by atoms with Crippen LogP contribution in [0.15, 0.2) is 41.9 Å². The van der Waals surface area contributed by atoms with E-state index in [0.29, 0.717) is 17.4 Å². The number of hydrogen-bond donors (Lipinski definition) is 2. The number of carbonyl (C=O) groups excluding carboxylic acids is 2. The molecular formula is C26H19F3N5NaO8S4. The molecule has 0 bridgehead atoms. The molecule has 4 heterocycles. The van der Waals surface area contributed by atoms with Crippen molar-refractivity contribution in [2.45, 2.75) is 22.5 Å². The van der Waals surface area contributed by atoms with Crippen LogP contribution in [0.3, 0.4) is 0 Å². The number of nitrogen functional groups attached to an aromatic ring is 1. The minimum Gasteiger partial charge on any atom is -0.857 e. The van der Waals surface area contributed by atoms with Crippen LogP contribution in [0.4, 0.5) is 18.3 Å². The number of halogens is 3. The Morgan fingerprint density at radius 2 is 2.00 bits per heavy atom. The fraction of sp³-hybridized carbons (Fsp3) is 0.269. The second-order valence-electron chi connectivity index (χ2n) is 9.21. The van der Waals surface area contributed by atoms with Crippen LogP contribution in [0.5, 0.6) is 0 Å². The molecule has 21 heteroatoms. The molecule has 2 aliphatic rings. The van der Waals surface area contributed by atoms with Crippen molar-refractivity contribution in [3.8, 4) is 0 Å². The second-order valence-corrected chi connectivity index (χ2v) is 13.5. The van der Waals surface area contributed by atoms with Crippen LogP contribution < -0.4 is 45.8 Å². The number of anilines is 1. The third kappa shape index (κ3) is 6.90. The molecule has 1 saturated heterocycles. The number of ether oxygens (including phenoxy) is 1. The Kier molecular flexibility index (Phi) is 11.7. The van der Waals surface area contributed by atoms with Crippen LogP contribution >= 0.6 is 46.2 Å². The Balaban J connectivity index is 0.00000500. The molecule has 1 amide bonds. The van der Waals surface area contributed by atoms with Gasteiger partial charge in [0.1, 0.15) is 35.1 Å². The number of aromatic nitrogens is 1. The molecule has 2 atom stereocenters. The largest absolute Gasteiger partial charge is 1.00 e. The number of carbonyl (C=O) groups is 3. The molecule has 3 N–H and O–H groups in total. The zero-order chi connectivity index (χ0) is 33.4. The van der Waals surface area contributed by atoms with E-state index in [1.165, 1.54) is 19.4 Å². The number of carboxylic acid groups (broad SMARTS) is 1. The molecule has 242 valence electrons. The van der Waals surface area contributed by atoms with Gasteiger partial charge in [-0.3, -0.25) is 19.5 Å². The van der Waals surface area contributed by atoms with Crippen LogP contribution in [-0.4, -0.2) is 81.1 Å². The molecule has 13 nitrogen and oxygen atoms in total. The number of fused-ring (bicyclic) bond motifs is 2. The van der Waals surface area contributed by atoms with Crippen molar-refractivity contribution in [2.24, 2.45) is 10.1 Å². The summed E-state index contributed by atoms with van der Waals surface area (Å²) in [4.78, 5) is 65.0. The van der Waals surface area contributed by atoms with Crippen molar-refractivity contribution in [1.82, 2.24) is 9.88 Å². The summed E-state index contributed by atoms with van der Waals surface area (Å²) >= 11 is 3.40. The summed E-state index contributed by atoms with van der Waals surface area (Å²) in [5.74, 6) is -9.51. The topological polar surface area (TPSA) is 197 Å². The van der Waals surface area contributed by atoms with Crippen LogP contribution in [0.25, 0.3) is 10.1 Å². The molecular weight excluding hydrogens is 719 g/mol. The molecule has 1 aromatic carbocycles. The van der Waals surface area contributed by atoms with Gasteiger partial charge in [0.25, 0.3) is 5.91 Å². The van der Waals surface area contributed by atoms with Crippen molar-refractivity contribution >= 4 is 90.9 Å². The molecule has 0 radical (unpaired) electrons. The molecule has 2 aliphatic heterocycles. The number of thiazole rings is 1. The van der Waals surface area contributed by atoms with Gasteiger partial charge in [0.05, 0.1) is 15.5 Å². The molecule has 3 aromatic rings. The summed E-state index contributed by atoms with van der Waals surface area (Å²) in [6.07, 6.45) is 0. The summed E-state index contributed by atoms with van der Waals surface area (Å²) in [5, 5.41) is 26.8. The van der Waals surface area contributed by atoms with Crippen molar-refractivity contribution in [3.63, 3.8) is 0 Å². The molecule has 47 heavy (non-hydrogen) atoms. The van der Waals surface area contributed by atoms with Crippen LogP contribution in [0, 0.1) is 17.5 Å². The predicted molar refractivity (Wildman–Crippen MR) is 164 cm³/mol. The van der Waals surface area contributed by atoms with Gasteiger partial charge in [-0.1, -0.05) is 5.16 Å². The molecule has 0 spiro atoms. The van der Waals surface area contributed by atoms with Gasteiger partial charge in [-0.25, -0.2) is 27.7 Å². The third-order valence-electron chi connectivity index (χ3n) is 6.47. The van der Waals surface area contributed by atoms with E-state index in [2.05, 4.69) is 15.1 Å². The normalized spacial score (nSPS) is 18.1. The minimum absolute atomic E-state index is 0. The summed E-state index contributed by atoms with van der Waals surface area (Å²) in [7, 11) is 1.19. The molecule has 2 aromatic heterocycles.